The number of esters is 1. The lowest BCUT2D eigenvalue weighted by molar-refractivity contribution is -0.150. The van der Waals surface area contributed by atoms with Crippen LogP contribution in [0.2, 0.25) is 0 Å². The van der Waals surface area contributed by atoms with Gasteiger partial charge in [-0.05, 0) is 53.6 Å². The molecule has 1 aliphatic carbocycles. The summed E-state index contributed by atoms with van der Waals surface area (Å²) in [5.41, 5.74) is 0.953. The van der Waals surface area contributed by atoms with Crippen LogP contribution in [0.3, 0.4) is 0 Å². The molecule has 0 spiro atoms. The van der Waals surface area contributed by atoms with Gasteiger partial charge in [-0.25, -0.2) is 4.79 Å². The van der Waals surface area contributed by atoms with Gasteiger partial charge in [0.05, 0.1) is 0 Å². The van der Waals surface area contributed by atoms with E-state index in [9.17, 15) is 9.59 Å². The third-order valence-electron chi connectivity index (χ3n) is 4.65. The molecule has 0 aliphatic heterocycles. The fourth-order valence-electron chi connectivity index (χ4n) is 2.89. The Balaban J connectivity index is 1.81. The SMILES string of the molecule is C[C@@H]1[C@H](C)CCC[C@@H]1NC(=O)[C@@H](C)OC(=O)/C=C/c1ccsc1. The molecule has 1 N–H and O–H groups in total. The summed E-state index contributed by atoms with van der Waals surface area (Å²) in [6.45, 7) is 6.01. The predicted octanol–water partition coefficient (Wildman–Crippen LogP) is 3.63. The van der Waals surface area contributed by atoms with Gasteiger partial charge >= 0.3 is 5.97 Å². The van der Waals surface area contributed by atoms with Crippen molar-refractivity contribution in [1.82, 2.24) is 5.32 Å². The van der Waals surface area contributed by atoms with Crippen LogP contribution in [-0.4, -0.2) is 24.0 Å². The van der Waals surface area contributed by atoms with E-state index in [1.54, 1.807) is 24.3 Å². The number of nitrogens with one attached hydrogen (secondary N) is 1. The molecule has 126 valence electrons. The van der Waals surface area contributed by atoms with Gasteiger partial charge in [0, 0.05) is 12.1 Å². The highest BCUT2D eigenvalue weighted by Gasteiger charge is 2.29. The lowest BCUT2D eigenvalue weighted by atomic mass is 9.78. The first-order chi connectivity index (χ1) is 11.0. The number of hydrogen-bond acceptors (Lipinski definition) is 4. The quantitative estimate of drug-likeness (QED) is 0.660. The predicted molar refractivity (Wildman–Crippen MR) is 93.0 cm³/mol. The van der Waals surface area contributed by atoms with Crippen LogP contribution < -0.4 is 5.32 Å². The number of thiophene rings is 1. The Hall–Kier alpha value is -1.62. The molecule has 1 amide bonds. The minimum Gasteiger partial charge on any atom is -0.449 e. The van der Waals surface area contributed by atoms with Gasteiger partial charge in [0.2, 0.25) is 0 Å². The van der Waals surface area contributed by atoms with Crippen LogP contribution >= 0.6 is 11.3 Å². The van der Waals surface area contributed by atoms with Crippen molar-refractivity contribution in [2.45, 2.75) is 52.2 Å². The van der Waals surface area contributed by atoms with Crippen molar-refractivity contribution in [1.29, 1.82) is 0 Å². The van der Waals surface area contributed by atoms with Crippen LogP contribution in [0.4, 0.5) is 0 Å². The highest BCUT2D eigenvalue weighted by Crippen LogP contribution is 2.29. The summed E-state index contributed by atoms with van der Waals surface area (Å²) < 4.78 is 5.18. The first kappa shape index (κ1) is 17.7. The van der Waals surface area contributed by atoms with E-state index in [0.717, 1.165) is 18.4 Å². The number of carbonyl (C=O) groups excluding carboxylic acids is 2. The number of hydrogen-bond donors (Lipinski definition) is 1. The van der Waals surface area contributed by atoms with Crippen molar-refractivity contribution < 1.29 is 14.3 Å². The van der Waals surface area contributed by atoms with Crippen molar-refractivity contribution in [2.75, 3.05) is 0 Å². The van der Waals surface area contributed by atoms with Crippen LogP contribution in [0.1, 0.15) is 45.6 Å². The van der Waals surface area contributed by atoms with Gasteiger partial charge in [0.25, 0.3) is 5.91 Å². The van der Waals surface area contributed by atoms with Gasteiger partial charge in [-0.3, -0.25) is 4.79 Å². The number of amides is 1. The molecular formula is C18H25NO3S. The maximum absolute atomic E-state index is 12.2. The number of carbonyl (C=O) groups is 2. The molecule has 0 saturated heterocycles. The molecule has 0 bridgehead atoms. The zero-order valence-corrected chi connectivity index (χ0v) is 14.8. The second-order valence-electron chi connectivity index (χ2n) is 6.35. The summed E-state index contributed by atoms with van der Waals surface area (Å²) in [4.78, 5) is 24.0. The zero-order valence-electron chi connectivity index (χ0n) is 14.0. The highest BCUT2D eigenvalue weighted by atomic mass is 32.1. The van der Waals surface area contributed by atoms with E-state index in [1.807, 2.05) is 16.8 Å². The molecular weight excluding hydrogens is 310 g/mol. The van der Waals surface area contributed by atoms with E-state index >= 15 is 0 Å². The summed E-state index contributed by atoms with van der Waals surface area (Å²) in [6, 6.07) is 2.09. The number of ether oxygens (including phenoxy) is 1. The molecule has 1 aromatic rings. The van der Waals surface area contributed by atoms with E-state index in [2.05, 4.69) is 19.2 Å². The molecule has 1 fully saturated rings. The maximum Gasteiger partial charge on any atom is 0.331 e. The summed E-state index contributed by atoms with van der Waals surface area (Å²) in [6.07, 6.45) is 5.61. The fourth-order valence-corrected chi connectivity index (χ4v) is 3.52. The Labute approximate surface area is 141 Å². The molecule has 1 aromatic heterocycles. The molecule has 1 aliphatic rings. The smallest absolute Gasteiger partial charge is 0.331 e. The molecule has 0 radical (unpaired) electrons. The Morgan fingerprint density at radius 3 is 2.87 bits per heavy atom. The Morgan fingerprint density at radius 1 is 1.39 bits per heavy atom. The highest BCUT2D eigenvalue weighted by molar-refractivity contribution is 7.08. The van der Waals surface area contributed by atoms with Crippen molar-refractivity contribution in [3.63, 3.8) is 0 Å². The summed E-state index contributed by atoms with van der Waals surface area (Å²) in [5, 5.41) is 6.91. The van der Waals surface area contributed by atoms with Crippen LogP contribution in [0.15, 0.2) is 22.9 Å². The first-order valence-corrected chi connectivity index (χ1v) is 9.13. The Bertz CT molecular complexity index is 553. The molecule has 1 heterocycles. The van der Waals surface area contributed by atoms with Crippen molar-refractivity contribution in [2.24, 2.45) is 11.8 Å². The zero-order chi connectivity index (χ0) is 16.8. The third-order valence-corrected chi connectivity index (χ3v) is 5.35. The van der Waals surface area contributed by atoms with Gasteiger partial charge in [0.15, 0.2) is 6.10 Å². The van der Waals surface area contributed by atoms with Gasteiger partial charge in [-0.2, -0.15) is 11.3 Å². The lowest BCUT2D eigenvalue weighted by Crippen LogP contribution is -2.47. The molecule has 2 rings (SSSR count). The van der Waals surface area contributed by atoms with E-state index < -0.39 is 12.1 Å². The molecule has 1 saturated carbocycles. The summed E-state index contributed by atoms with van der Waals surface area (Å²) >= 11 is 1.56. The molecule has 4 atom stereocenters. The second kappa shape index (κ2) is 8.29. The van der Waals surface area contributed by atoms with Gasteiger partial charge in [-0.1, -0.05) is 26.7 Å². The van der Waals surface area contributed by atoms with Crippen LogP contribution in [-0.2, 0) is 14.3 Å². The van der Waals surface area contributed by atoms with Crippen LogP contribution in [0.25, 0.3) is 6.08 Å². The van der Waals surface area contributed by atoms with Gasteiger partial charge < -0.3 is 10.1 Å². The minimum atomic E-state index is -0.779. The molecule has 0 unspecified atom stereocenters. The fraction of sp³-hybridized carbons (Fsp3) is 0.556. The molecule has 0 aromatic carbocycles. The summed E-state index contributed by atoms with van der Waals surface area (Å²) in [5.74, 6) is 0.353. The average molecular weight is 335 g/mol. The maximum atomic E-state index is 12.2. The lowest BCUT2D eigenvalue weighted by Gasteiger charge is -2.35. The molecule has 4 nitrogen and oxygen atoms in total. The van der Waals surface area contributed by atoms with Gasteiger partial charge in [0.1, 0.15) is 0 Å². The number of rotatable bonds is 5. The van der Waals surface area contributed by atoms with E-state index in [-0.39, 0.29) is 11.9 Å². The summed E-state index contributed by atoms with van der Waals surface area (Å²) in [7, 11) is 0. The van der Waals surface area contributed by atoms with Crippen LogP contribution in [0.5, 0.6) is 0 Å². The third kappa shape index (κ3) is 5.20. The standard InChI is InChI=1S/C18H25NO3S/c1-12-5-4-6-16(13(12)2)19-18(21)14(3)22-17(20)8-7-15-9-10-23-11-15/h7-14,16H,4-6H2,1-3H3,(H,19,21)/b8-7+/t12-,13-,14-,16+/m1/s1. The largest absolute Gasteiger partial charge is 0.449 e. The van der Waals surface area contributed by atoms with Crippen LogP contribution in [0, 0.1) is 11.8 Å². The van der Waals surface area contributed by atoms with Crippen molar-refractivity contribution in [3.05, 3.63) is 28.5 Å². The Kier molecular flexibility index (Phi) is 6.39. The van der Waals surface area contributed by atoms with Crippen molar-refractivity contribution >= 4 is 29.3 Å². The first-order valence-electron chi connectivity index (χ1n) is 8.18. The molecule has 23 heavy (non-hydrogen) atoms. The van der Waals surface area contributed by atoms with Crippen molar-refractivity contribution in [3.8, 4) is 0 Å². The second-order valence-corrected chi connectivity index (χ2v) is 7.13. The monoisotopic (exact) mass is 335 g/mol. The Morgan fingerprint density at radius 2 is 2.17 bits per heavy atom. The van der Waals surface area contributed by atoms with E-state index in [1.165, 1.54) is 12.5 Å². The van der Waals surface area contributed by atoms with E-state index in [4.69, 9.17) is 4.74 Å². The molecule has 5 heteroatoms. The van der Waals surface area contributed by atoms with E-state index in [0.29, 0.717) is 11.8 Å². The topological polar surface area (TPSA) is 55.4 Å². The minimum absolute atomic E-state index is 0.175. The average Bonchev–Trinajstić information content (AvgIpc) is 3.03. The normalized spacial score (nSPS) is 26.0. The van der Waals surface area contributed by atoms with Gasteiger partial charge in [-0.15, -0.1) is 0 Å².